The third-order valence-corrected chi connectivity index (χ3v) is 5.73. The Morgan fingerprint density at radius 3 is 2.54 bits per heavy atom. The van der Waals surface area contributed by atoms with Gasteiger partial charge < -0.3 is 14.4 Å². The molecule has 26 heavy (non-hydrogen) atoms. The van der Waals surface area contributed by atoms with Gasteiger partial charge in [-0.2, -0.15) is 0 Å². The van der Waals surface area contributed by atoms with E-state index in [-0.39, 0.29) is 29.6 Å². The van der Waals surface area contributed by atoms with Crippen molar-refractivity contribution in [1.82, 2.24) is 9.21 Å². The van der Waals surface area contributed by atoms with Gasteiger partial charge in [0, 0.05) is 25.7 Å². The second kappa shape index (κ2) is 8.09. The van der Waals surface area contributed by atoms with Gasteiger partial charge in [-0.05, 0) is 18.2 Å². The molecule has 0 fully saturated rings. The van der Waals surface area contributed by atoms with Gasteiger partial charge >= 0.3 is 0 Å². The van der Waals surface area contributed by atoms with Crippen LogP contribution in [0.1, 0.15) is 6.92 Å². The molecule has 0 unspecified atom stereocenters. The van der Waals surface area contributed by atoms with Crippen LogP contribution in [0.4, 0.5) is 0 Å². The van der Waals surface area contributed by atoms with Crippen molar-refractivity contribution in [3.63, 3.8) is 0 Å². The zero-order valence-electron chi connectivity index (χ0n) is 15.0. The highest BCUT2D eigenvalue weighted by Gasteiger charge is 2.32. The largest absolute Gasteiger partial charge is 0.497 e. The zero-order valence-corrected chi connectivity index (χ0v) is 15.8. The Bertz CT molecular complexity index is 858. The standard InChI is InChI=1S/C18H22N2O5S/c1-5-6-7-15-13-19(14(2)21)10-11-20(15)26(22,23)18-9-8-16(24-3)12-17(18)25-4/h5-9,12-13H,1,10-11H2,2-4H3/b7-6-. The quantitative estimate of drug-likeness (QED) is 0.709. The van der Waals surface area contributed by atoms with E-state index < -0.39 is 10.0 Å². The Morgan fingerprint density at radius 1 is 1.23 bits per heavy atom. The summed E-state index contributed by atoms with van der Waals surface area (Å²) in [7, 11) is -1.01. The van der Waals surface area contributed by atoms with Gasteiger partial charge in [-0.3, -0.25) is 9.10 Å². The van der Waals surface area contributed by atoms with Crippen molar-refractivity contribution >= 4 is 15.9 Å². The van der Waals surface area contributed by atoms with Crippen LogP contribution >= 0.6 is 0 Å². The maximum atomic E-state index is 13.2. The molecule has 1 aromatic rings. The van der Waals surface area contributed by atoms with Gasteiger partial charge in [0.05, 0.1) is 26.5 Å². The molecule has 7 nitrogen and oxygen atoms in total. The van der Waals surface area contributed by atoms with Gasteiger partial charge in [-0.1, -0.05) is 18.7 Å². The maximum absolute atomic E-state index is 13.2. The van der Waals surface area contributed by atoms with Crippen molar-refractivity contribution in [2.45, 2.75) is 11.8 Å². The lowest BCUT2D eigenvalue weighted by atomic mass is 10.3. The first-order valence-corrected chi connectivity index (χ1v) is 9.32. The fourth-order valence-electron chi connectivity index (χ4n) is 2.52. The summed E-state index contributed by atoms with van der Waals surface area (Å²) in [5.41, 5.74) is 0.365. The van der Waals surface area contributed by atoms with Crippen LogP contribution in [0, 0.1) is 0 Å². The van der Waals surface area contributed by atoms with Crippen LogP contribution in [-0.4, -0.2) is 50.8 Å². The summed E-state index contributed by atoms with van der Waals surface area (Å²) >= 11 is 0. The lowest BCUT2D eigenvalue weighted by molar-refractivity contribution is -0.126. The summed E-state index contributed by atoms with van der Waals surface area (Å²) in [4.78, 5) is 13.1. The van der Waals surface area contributed by atoms with Gasteiger partial charge in [0.15, 0.2) is 0 Å². The topological polar surface area (TPSA) is 76.2 Å². The lowest BCUT2D eigenvalue weighted by Gasteiger charge is -2.33. The average molecular weight is 378 g/mol. The number of amides is 1. The van der Waals surface area contributed by atoms with Crippen LogP contribution in [-0.2, 0) is 14.8 Å². The number of sulfonamides is 1. The first kappa shape index (κ1) is 19.6. The number of allylic oxidation sites excluding steroid dienone is 3. The molecule has 1 amide bonds. The van der Waals surface area contributed by atoms with E-state index in [9.17, 15) is 13.2 Å². The Balaban J connectivity index is 2.53. The van der Waals surface area contributed by atoms with Crippen molar-refractivity contribution in [1.29, 1.82) is 0 Å². The monoisotopic (exact) mass is 378 g/mol. The Kier molecular flexibility index (Phi) is 6.10. The van der Waals surface area contributed by atoms with Gasteiger partial charge in [0.2, 0.25) is 5.91 Å². The minimum absolute atomic E-state index is 0.0231. The molecular formula is C18H22N2O5S. The van der Waals surface area contributed by atoms with E-state index in [1.807, 2.05) is 0 Å². The molecule has 0 N–H and O–H groups in total. The second-order valence-corrected chi connectivity index (χ2v) is 7.29. The fourth-order valence-corrected chi connectivity index (χ4v) is 4.10. The minimum atomic E-state index is -3.90. The van der Waals surface area contributed by atoms with Crippen LogP contribution in [0.2, 0.25) is 0 Å². The molecule has 0 aliphatic carbocycles. The lowest BCUT2D eigenvalue weighted by Crippen LogP contribution is -2.42. The fraction of sp³-hybridized carbons (Fsp3) is 0.278. The van der Waals surface area contributed by atoms with E-state index in [0.717, 1.165) is 0 Å². The molecular weight excluding hydrogens is 356 g/mol. The normalized spacial score (nSPS) is 15.0. The first-order valence-electron chi connectivity index (χ1n) is 7.88. The molecule has 0 bridgehead atoms. The third-order valence-electron chi connectivity index (χ3n) is 3.87. The summed E-state index contributed by atoms with van der Waals surface area (Å²) in [6.45, 7) is 5.42. The smallest absolute Gasteiger partial charge is 0.268 e. The molecule has 0 spiro atoms. The molecule has 8 heteroatoms. The van der Waals surface area contributed by atoms with Gasteiger partial charge in [-0.15, -0.1) is 0 Å². The van der Waals surface area contributed by atoms with Gasteiger partial charge in [0.1, 0.15) is 16.4 Å². The van der Waals surface area contributed by atoms with E-state index in [2.05, 4.69) is 6.58 Å². The van der Waals surface area contributed by atoms with Gasteiger partial charge in [0.25, 0.3) is 10.0 Å². The first-order chi connectivity index (χ1) is 12.3. The SMILES string of the molecule is C=C/C=C\C1=CN(C(C)=O)CCN1S(=O)(=O)c1ccc(OC)cc1OC. The molecule has 0 aromatic heterocycles. The Hall–Kier alpha value is -2.74. The number of ether oxygens (including phenoxy) is 2. The molecule has 0 atom stereocenters. The average Bonchev–Trinajstić information content (AvgIpc) is 2.65. The third kappa shape index (κ3) is 3.91. The number of nitrogens with zero attached hydrogens (tertiary/aromatic N) is 2. The molecule has 1 aliphatic rings. The highest BCUT2D eigenvalue weighted by atomic mass is 32.2. The van der Waals surface area contributed by atoms with Crippen LogP contribution < -0.4 is 9.47 Å². The van der Waals surface area contributed by atoms with Crippen LogP contribution in [0.5, 0.6) is 11.5 Å². The van der Waals surface area contributed by atoms with Crippen LogP contribution in [0.3, 0.4) is 0 Å². The highest BCUT2D eigenvalue weighted by Crippen LogP contribution is 2.33. The van der Waals surface area contributed by atoms with Crippen molar-refractivity contribution in [3.05, 3.63) is 54.9 Å². The maximum Gasteiger partial charge on any atom is 0.268 e. The minimum Gasteiger partial charge on any atom is -0.497 e. The predicted molar refractivity (Wildman–Crippen MR) is 98.2 cm³/mol. The molecule has 140 valence electrons. The molecule has 2 rings (SSSR count). The van der Waals surface area contributed by atoms with Crippen molar-refractivity contribution in [3.8, 4) is 11.5 Å². The van der Waals surface area contributed by atoms with Crippen molar-refractivity contribution < 1.29 is 22.7 Å². The summed E-state index contributed by atoms with van der Waals surface area (Å²) < 4.78 is 38.0. The molecule has 1 heterocycles. The summed E-state index contributed by atoms with van der Waals surface area (Å²) in [6, 6.07) is 4.52. The van der Waals surface area contributed by atoms with E-state index in [1.54, 1.807) is 18.2 Å². The molecule has 1 aromatic carbocycles. The molecule has 0 saturated heterocycles. The Labute approximate surface area is 153 Å². The van der Waals surface area contributed by atoms with Crippen molar-refractivity contribution in [2.24, 2.45) is 0 Å². The number of carbonyl (C=O) groups is 1. The number of benzene rings is 1. The second-order valence-electron chi connectivity index (χ2n) is 5.46. The molecule has 1 aliphatic heterocycles. The summed E-state index contributed by atoms with van der Waals surface area (Å²) in [5.74, 6) is 0.517. The predicted octanol–water partition coefficient (Wildman–Crippen LogP) is 2.14. The van der Waals surface area contributed by atoms with Gasteiger partial charge in [-0.25, -0.2) is 8.42 Å². The molecule has 0 saturated carbocycles. The highest BCUT2D eigenvalue weighted by molar-refractivity contribution is 7.89. The number of carbonyl (C=O) groups excluding carboxylic acids is 1. The van der Waals surface area contributed by atoms with E-state index in [1.165, 1.54) is 54.8 Å². The number of methoxy groups -OCH3 is 2. The number of hydrogen-bond acceptors (Lipinski definition) is 5. The number of rotatable bonds is 6. The van der Waals surface area contributed by atoms with Crippen LogP contribution in [0.15, 0.2) is 59.8 Å². The van der Waals surface area contributed by atoms with E-state index in [0.29, 0.717) is 11.4 Å². The summed E-state index contributed by atoms with van der Waals surface area (Å²) in [6.07, 6.45) is 6.25. The Morgan fingerprint density at radius 2 is 1.96 bits per heavy atom. The van der Waals surface area contributed by atoms with E-state index >= 15 is 0 Å². The summed E-state index contributed by atoms with van der Waals surface area (Å²) in [5, 5.41) is 0. The zero-order chi connectivity index (χ0) is 19.3. The van der Waals surface area contributed by atoms with Crippen molar-refractivity contribution in [2.75, 3.05) is 27.3 Å². The number of hydrogen-bond donors (Lipinski definition) is 0. The van der Waals surface area contributed by atoms with Crippen LogP contribution in [0.25, 0.3) is 0 Å². The van der Waals surface area contributed by atoms with E-state index in [4.69, 9.17) is 9.47 Å². The molecule has 0 radical (unpaired) electrons.